The molecular weight excluding hydrogens is 298 g/mol. The number of nitrogens with one attached hydrogen (secondary N) is 1. The number of hydrogen-bond donors (Lipinski definition) is 1. The summed E-state index contributed by atoms with van der Waals surface area (Å²) in [5.41, 5.74) is 0.680. The molecule has 0 amide bonds. The quantitative estimate of drug-likeness (QED) is 0.924. The maximum Gasteiger partial charge on any atom is 0.240 e. The first-order valence-corrected chi connectivity index (χ1v) is 7.76. The molecule has 0 aromatic heterocycles. The Kier molecular flexibility index (Phi) is 4.65. The van der Waals surface area contributed by atoms with E-state index in [1.165, 1.54) is 19.2 Å². The first kappa shape index (κ1) is 14.8. The van der Waals surface area contributed by atoms with Crippen LogP contribution in [0.4, 0.5) is 0 Å². The second-order valence-electron chi connectivity index (χ2n) is 4.09. The molecule has 2 rings (SSSR count). The highest BCUT2D eigenvalue weighted by Crippen LogP contribution is 2.23. The molecule has 0 saturated heterocycles. The van der Waals surface area contributed by atoms with Gasteiger partial charge in [0.15, 0.2) is 0 Å². The summed E-state index contributed by atoms with van der Waals surface area (Å²) in [5.74, 6) is 0.588. The van der Waals surface area contributed by atoms with Gasteiger partial charge >= 0.3 is 0 Å². The molecule has 0 aliphatic carbocycles. The van der Waals surface area contributed by atoms with Crippen molar-refractivity contribution in [2.75, 3.05) is 7.11 Å². The molecule has 2 aromatic carbocycles. The molecule has 0 spiro atoms. The summed E-state index contributed by atoms with van der Waals surface area (Å²) in [5, 5.41) is 0.528. The number of ether oxygens (including phenoxy) is 1. The molecule has 0 saturated carbocycles. The van der Waals surface area contributed by atoms with E-state index in [1.807, 2.05) is 0 Å². The van der Waals surface area contributed by atoms with E-state index in [-0.39, 0.29) is 11.4 Å². The van der Waals surface area contributed by atoms with Gasteiger partial charge in [-0.05, 0) is 30.3 Å². The highest BCUT2D eigenvalue weighted by atomic mass is 35.5. The molecule has 0 heterocycles. The summed E-state index contributed by atoms with van der Waals surface area (Å²) in [4.78, 5) is 0.223. The van der Waals surface area contributed by atoms with Crippen LogP contribution >= 0.6 is 11.6 Å². The lowest BCUT2D eigenvalue weighted by atomic mass is 10.2. The molecule has 106 valence electrons. The zero-order valence-corrected chi connectivity index (χ0v) is 12.4. The number of methoxy groups -OCH3 is 1. The van der Waals surface area contributed by atoms with Crippen LogP contribution in [0.15, 0.2) is 53.4 Å². The van der Waals surface area contributed by atoms with Crippen LogP contribution in [0.3, 0.4) is 0 Å². The van der Waals surface area contributed by atoms with Crippen LogP contribution in [0.1, 0.15) is 5.56 Å². The number of hydrogen-bond acceptors (Lipinski definition) is 3. The van der Waals surface area contributed by atoms with E-state index in [4.69, 9.17) is 16.3 Å². The monoisotopic (exact) mass is 311 g/mol. The van der Waals surface area contributed by atoms with Crippen LogP contribution in [-0.4, -0.2) is 15.5 Å². The predicted octanol–water partition coefficient (Wildman–Crippen LogP) is 2.83. The molecule has 0 radical (unpaired) electrons. The Balaban J connectivity index is 2.19. The molecule has 0 atom stereocenters. The van der Waals surface area contributed by atoms with E-state index in [9.17, 15) is 8.42 Å². The van der Waals surface area contributed by atoms with Crippen LogP contribution in [-0.2, 0) is 16.6 Å². The van der Waals surface area contributed by atoms with Crippen molar-refractivity contribution in [3.8, 4) is 5.75 Å². The molecule has 0 aliphatic heterocycles. The zero-order chi connectivity index (χ0) is 14.6. The number of benzene rings is 2. The number of halogens is 1. The molecule has 2 aromatic rings. The second kappa shape index (κ2) is 6.26. The fraction of sp³-hybridized carbons (Fsp3) is 0.143. The Morgan fingerprint density at radius 2 is 1.85 bits per heavy atom. The fourth-order valence-electron chi connectivity index (χ4n) is 1.74. The average molecular weight is 312 g/mol. The molecule has 0 fully saturated rings. The molecule has 0 bridgehead atoms. The van der Waals surface area contributed by atoms with Crippen molar-refractivity contribution in [2.45, 2.75) is 11.4 Å². The van der Waals surface area contributed by atoms with E-state index in [2.05, 4.69) is 4.72 Å². The van der Waals surface area contributed by atoms with Gasteiger partial charge in [0.2, 0.25) is 10.0 Å². The maximum absolute atomic E-state index is 12.1. The topological polar surface area (TPSA) is 55.4 Å². The predicted molar refractivity (Wildman–Crippen MR) is 78.5 cm³/mol. The van der Waals surface area contributed by atoms with Crippen LogP contribution in [0.2, 0.25) is 5.02 Å². The summed E-state index contributed by atoms with van der Waals surface area (Å²) in [7, 11) is -2.02. The summed E-state index contributed by atoms with van der Waals surface area (Å²) in [6.45, 7) is 0.112. The average Bonchev–Trinajstić information content (AvgIpc) is 2.46. The smallest absolute Gasteiger partial charge is 0.240 e. The molecule has 0 aliphatic rings. The Morgan fingerprint density at radius 1 is 1.15 bits per heavy atom. The van der Waals surface area contributed by atoms with Gasteiger partial charge < -0.3 is 4.74 Å². The molecule has 6 heteroatoms. The van der Waals surface area contributed by atoms with Crippen molar-refractivity contribution in [2.24, 2.45) is 0 Å². The van der Waals surface area contributed by atoms with E-state index >= 15 is 0 Å². The molecule has 1 N–H and O–H groups in total. The summed E-state index contributed by atoms with van der Waals surface area (Å²) < 4.78 is 31.9. The van der Waals surface area contributed by atoms with Gasteiger partial charge in [-0.2, -0.15) is 0 Å². The van der Waals surface area contributed by atoms with Gasteiger partial charge in [-0.25, -0.2) is 13.1 Å². The minimum atomic E-state index is -3.54. The maximum atomic E-state index is 12.1. The first-order chi connectivity index (χ1) is 9.53. The van der Waals surface area contributed by atoms with E-state index in [1.54, 1.807) is 36.4 Å². The summed E-state index contributed by atoms with van der Waals surface area (Å²) >= 11 is 5.91. The molecule has 4 nitrogen and oxygen atoms in total. The lowest BCUT2D eigenvalue weighted by Gasteiger charge is -2.10. The van der Waals surface area contributed by atoms with Crippen LogP contribution in [0, 0.1) is 0 Å². The Bertz CT molecular complexity index is 687. The molecule has 0 unspecified atom stereocenters. The Labute approximate surface area is 123 Å². The summed E-state index contributed by atoms with van der Waals surface area (Å²) in [6, 6.07) is 13.3. The fourth-order valence-corrected chi connectivity index (χ4v) is 2.96. The molecular formula is C14H14ClNO3S. The van der Waals surface area contributed by atoms with Crippen molar-refractivity contribution >= 4 is 21.6 Å². The van der Waals surface area contributed by atoms with Crippen LogP contribution in [0.5, 0.6) is 5.75 Å². The number of sulfonamides is 1. The van der Waals surface area contributed by atoms with Crippen molar-refractivity contribution < 1.29 is 13.2 Å². The van der Waals surface area contributed by atoms with Gasteiger partial charge in [0.05, 0.1) is 12.0 Å². The lowest BCUT2D eigenvalue weighted by Crippen LogP contribution is -2.23. The van der Waals surface area contributed by atoms with E-state index in [0.717, 1.165) is 0 Å². The third-order valence-corrected chi connectivity index (χ3v) is 4.40. The van der Waals surface area contributed by atoms with Gasteiger partial charge in [0.25, 0.3) is 0 Å². The van der Waals surface area contributed by atoms with E-state index < -0.39 is 10.0 Å². The van der Waals surface area contributed by atoms with Gasteiger partial charge in [-0.3, -0.25) is 0 Å². The van der Waals surface area contributed by atoms with Gasteiger partial charge in [0.1, 0.15) is 5.75 Å². The van der Waals surface area contributed by atoms with Gasteiger partial charge in [0, 0.05) is 17.1 Å². The van der Waals surface area contributed by atoms with Gasteiger partial charge in [-0.15, -0.1) is 0 Å². The van der Waals surface area contributed by atoms with Crippen molar-refractivity contribution in [1.82, 2.24) is 4.72 Å². The minimum absolute atomic E-state index is 0.112. The molecule has 20 heavy (non-hydrogen) atoms. The third kappa shape index (κ3) is 3.50. The normalized spacial score (nSPS) is 11.3. The van der Waals surface area contributed by atoms with Gasteiger partial charge in [-0.1, -0.05) is 29.8 Å². The highest BCUT2D eigenvalue weighted by molar-refractivity contribution is 7.89. The second-order valence-corrected chi connectivity index (χ2v) is 6.30. The van der Waals surface area contributed by atoms with Crippen LogP contribution in [0.25, 0.3) is 0 Å². The highest BCUT2D eigenvalue weighted by Gasteiger charge is 2.14. The first-order valence-electron chi connectivity index (χ1n) is 5.90. The minimum Gasteiger partial charge on any atom is -0.496 e. The SMILES string of the molecule is COc1ccc(Cl)cc1CNS(=O)(=O)c1ccccc1. The van der Waals surface area contributed by atoms with E-state index in [0.29, 0.717) is 16.3 Å². The third-order valence-electron chi connectivity index (χ3n) is 2.75. The summed E-state index contributed by atoms with van der Waals surface area (Å²) in [6.07, 6.45) is 0. The largest absolute Gasteiger partial charge is 0.496 e. The Hall–Kier alpha value is -1.56. The van der Waals surface area contributed by atoms with Crippen molar-refractivity contribution in [3.63, 3.8) is 0 Å². The van der Waals surface area contributed by atoms with Crippen LogP contribution < -0.4 is 9.46 Å². The lowest BCUT2D eigenvalue weighted by molar-refractivity contribution is 0.409. The van der Waals surface area contributed by atoms with Crippen molar-refractivity contribution in [3.05, 3.63) is 59.1 Å². The standard InChI is InChI=1S/C14H14ClNO3S/c1-19-14-8-7-12(15)9-11(14)10-16-20(17,18)13-5-3-2-4-6-13/h2-9,16H,10H2,1H3. The zero-order valence-electron chi connectivity index (χ0n) is 10.8. The Morgan fingerprint density at radius 3 is 2.50 bits per heavy atom. The number of rotatable bonds is 5. The van der Waals surface area contributed by atoms with Crippen molar-refractivity contribution in [1.29, 1.82) is 0 Å².